The minimum absolute atomic E-state index is 0.149. The predicted molar refractivity (Wildman–Crippen MR) is 71.0 cm³/mol. The third-order valence-corrected chi connectivity index (χ3v) is 3.14. The molecule has 17 heavy (non-hydrogen) atoms. The Morgan fingerprint density at radius 2 is 2.06 bits per heavy atom. The molecule has 2 N–H and O–H groups in total. The topological polar surface area (TPSA) is 46.3 Å². The number of nitrogen functional groups attached to an aromatic ring is 1. The monoisotopic (exact) mass is 232 g/mol. The van der Waals surface area contributed by atoms with Crippen LogP contribution in [0.4, 0.5) is 11.4 Å². The summed E-state index contributed by atoms with van der Waals surface area (Å²) in [5.74, 6) is 0.149. The maximum absolute atomic E-state index is 12.4. The lowest BCUT2D eigenvalue weighted by molar-refractivity contribution is -0.125. The number of carbonyl (C=O) groups is 1. The highest BCUT2D eigenvalue weighted by Gasteiger charge is 2.31. The molecule has 0 atom stereocenters. The van der Waals surface area contributed by atoms with Gasteiger partial charge in [0.25, 0.3) is 0 Å². The normalized spacial score (nSPS) is 15.6. The lowest BCUT2D eigenvalue weighted by Gasteiger charge is -2.34. The molecule has 0 saturated heterocycles. The Hall–Kier alpha value is -1.51. The zero-order valence-electron chi connectivity index (χ0n) is 10.8. The molecule has 0 aliphatic carbocycles. The summed E-state index contributed by atoms with van der Waals surface area (Å²) in [6.45, 7) is 6.62. The van der Waals surface area contributed by atoms with Gasteiger partial charge in [-0.2, -0.15) is 0 Å². The van der Waals surface area contributed by atoms with Crippen LogP contribution >= 0.6 is 0 Å². The largest absolute Gasteiger partial charge is 0.397 e. The molecule has 0 unspecified atom stereocenters. The van der Waals surface area contributed by atoms with E-state index in [0.29, 0.717) is 5.69 Å². The Bertz CT molecular complexity index is 446. The smallest absolute Gasteiger partial charge is 0.232 e. The van der Waals surface area contributed by atoms with Crippen LogP contribution in [-0.4, -0.2) is 12.5 Å². The Balaban J connectivity index is 2.45. The summed E-state index contributed by atoms with van der Waals surface area (Å²) in [4.78, 5) is 14.3. The van der Waals surface area contributed by atoms with E-state index in [1.54, 1.807) is 0 Å². The van der Waals surface area contributed by atoms with Gasteiger partial charge in [0.1, 0.15) is 0 Å². The van der Waals surface area contributed by atoms with E-state index < -0.39 is 0 Å². The number of benzene rings is 1. The van der Waals surface area contributed by atoms with Crippen LogP contribution in [0.2, 0.25) is 0 Å². The fraction of sp³-hybridized carbons (Fsp3) is 0.500. The summed E-state index contributed by atoms with van der Waals surface area (Å²) in [6.07, 6.45) is 2.02. The number of carbonyl (C=O) groups excluding carboxylic acids is 1. The van der Waals surface area contributed by atoms with Crippen LogP contribution in [0, 0.1) is 5.41 Å². The van der Waals surface area contributed by atoms with Crippen molar-refractivity contribution in [3.8, 4) is 0 Å². The second-order valence-corrected chi connectivity index (χ2v) is 5.67. The summed E-state index contributed by atoms with van der Waals surface area (Å²) < 4.78 is 0. The van der Waals surface area contributed by atoms with Crippen LogP contribution < -0.4 is 10.6 Å². The molecule has 3 nitrogen and oxygen atoms in total. The summed E-state index contributed by atoms with van der Waals surface area (Å²) in [5.41, 5.74) is 8.48. The molecule has 0 fully saturated rings. The first-order valence-electron chi connectivity index (χ1n) is 6.10. The van der Waals surface area contributed by atoms with Crippen molar-refractivity contribution in [3.05, 3.63) is 23.8 Å². The van der Waals surface area contributed by atoms with Crippen LogP contribution in [-0.2, 0) is 11.2 Å². The van der Waals surface area contributed by atoms with Crippen molar-refractivity contribution in [1.82, 2.24) is 0 Å². The van der Waals surface area contributed by atoms with Crippen LogP contribution in [0.1, 0.15) is 32.8 Å². The number of nitrogens with two attached hydrogens (primary N) is 1. The van der Waals surface area contributed by atoms with Crippen molar-refractivity contribution < 1.29 is 4.79 Å². The molecule has 1 amide bonds. The third kappa shape index (κ3) is 2.14. The molecular formula is C14H20N2O. The minimum atomic E-state index is -0.364. The number of para-hydroxylation sites is 1. The van der Waals surface area contributed by atoms with Crippen molar-refractivity contribution in [2.24, 2.45) is 5.41 Å². The van der Waals surface area contributed by atoms with E-state index in [2.05, 4.69) is 6.07 Å². The lowest BCUT2D eigenvalue weighted by Crippen LogP contribution is -2.42. The molecule has 92 valence electrons. The number of nitrogens with zero attached hydrogens (tertiary/aromatic N) is 1. The Labute approximate surface area is 103 Å². The van der Waals surface area contributed by atoms with Gasteiger partial charge in [0.2, 0.25) is 5.91 Å². The van der Waals surface area contributed by atoms with Crippen molar-refractivity contribution in [1.29, 1.82) is 0 Å². The average molecular weight is 232 g/mol. The maximum Gasteiger partial charge on any atom is 0.232 e. The summed E-state index contributed by atoms with van der Waals surface area (Å²) >= 11 is 0. The van der Waals surface area contributed by atoms with Crippen LogP contribution in [0.15, 0.2) is 18.2 Å². The van der Waals surface area contributed by atoms with Gasteiger partial charge in [-0.15, -0.1) is 0 Å². The van der Waals surface area contributed by atoms with Gasteiger partial charge in [-0.1, -0.05) is 32.9 Å². The van der Waals surface area contributed by atoms with Gasteiger partial charge in [-0.05, 0) is 24.5 Å². The van der Waals surface area contributed by atoms with E-state index in [4.69, 9.17) is 5.73 Å². The molecule has 0 spiro atoms. The molecule has 1 aliphatic heterocycles. The molecule has 1 aromatic carbocycles. The van der Waals surface area contributed by atoms with E-state index in [9.17, 15) is 4.79 Å². The molecule has 1 aromatic rings. The number of aryl methyl sites for hydroxylation is 1. The number of amides is 1. The van der Waals surface area contributed by atoms with Gasteiger partial charge in [0.15, 0.2) is 0 Å². The van der Waals surface area contributed by atoms with Crippen LogP contribution in [0.3, 0.4) is 0 Å². The first-order chi connectivity index (χ1) is 7.91. The van der Waals surface area contributed by atoms with Gasteiger partial charge in [-0.3, -0.25) is 4.79 Å². The van der Waals surface area contributed by atoms with Crippen LogP contribution in [0.5, 0.6) is 0 Å². The van der Waals surface area contributed by atoms with Gasteiger partial charge >= 0.3 is 0 Å². The zero-order chi connectivity index (χ0) is 12.6. The highest BCUT2D eigenvalue weighted by molar-refractivity contribution is 6.00. The van der Waals surface area contributed by atoms with E-state index in [0.717, 1.165) is 25.1 Å². The standard InChI is InChI=1S/C14H20N2O/c1-14(2,3)13(17)16-9-5-7-10-6-4-8-11(15)12(10)16/h4,6,8H,5,7,9,15H2,1-3H3. The molecule has 3 heteroatoms. The second kappa shape index (κ2) is 4.06. The van der Waals surface area contributed by atoms with Gasteiger partial charge < -0.3 is 10.6 Å². The number of hydrogen-bond acceptors (Lipinski definition) is 2. The molecule has 2 rings (SSSR count). The third-order valence-electron chi connectivity index (χ3n) is 3.14. The van der Waals surface area contributed by atoms with Gasteiger partial charge in [0, 0.05) is 12.0 Å². The fourth-order valence-electron chi connectivity index (χ4n) is 2.29. The molecule has 0 aromatic heterocycles. The summed E-state index contributed by atoms with van der Waals surface area (Å²) in [7, 11) is 0. The highest BCUT2D eigenvalue weighted by Crippen LogP contribution is 2.35. The Kier molecular flexibility index (Phi) is 2.86. The minimum Gasteiger partial charge on any atom is -0.397 e. The van der Waals surface area contributed by atoms with E-state index in [1.807, 2.05) is 37.8 Å². The fourth-order valence-corrected chi connectivity index (χ4v) is 2.29. The van der Waals surface area contributed by atoms with Crippen molar-refractivity contribution in [2.75, 3.05) is 17.2 Å². The molecule has 0 radical (unpaired) electrons. The average Bonchev–Trinajstić information content (AvgIpc) is 2.26. The van der Waals surface area contributed by atoms with Gasteiger partial charge in [0.05, 0.1) is 11.4 Å². The maximum atomic E-state index is 12.4. The quantitative estimate of drug-likeness (QED) is 0.699. The zero-order valence-corrected chi connectivity index (χ0v) is 10.8. The van der Waals surface area contributed by atoms with Crippen molar-refractivity contribution >= 4 is 17.3 Å². The Morgan fingerprint density at radius 1 is 1.35 bits per heavy atom. The lowest BCUT2D eigenvalue weighted by atomic mass is 9.91. The first kappa shape index (κ1) is 12.0. The molecule has 0 bridgehead atoms. The number of rotatable bonds is 0. The molecule has 0 saturated carbocycles. The number of hydrogen-bond donors (Lipinski definition) is 1. The van der Waals surface area contributed by atoms with E-state index in [1.165, 1.54) is 5.56 Å². The Morgan fingerprint density at radius 3 is 2.71 bits per heavy atom. The molecule has 1 heterocycles. The van der Waals surface area contributed by atoms with Crippen molar-refractivity contribution in [2.45, 2.75) is 33.6 Å². The second-order valence-electron chi connectivity index (χ2n) is 5.67. The summed E-state index contributed by atoms with van der Waals surface area (Å²) in [6, 6.07) is 5.89. The molecule has 1 aliphatic rings. The number of fused-ring (bicyclic) bond motifs is 1. The highest BCUT2D eigenvalue weighted by atomic mass is 16.2. The van der Waals surface area contributed by atoms with E-state index >= 15 is 0 Å². The predicted octanol–water partition coefficient (Wildman–Crippen LogP) is 2.59. The van der Waals surface area contributed by atoms with Crippen molar-refractivity contribution in [3.63, 3.8) is 0 Å². The summed E-state index contributed by atoms with van der Waals surface area (Å²) in [5, 5.41) is 0. The number of anilines is 2. The SMILES string of the molecule is CC(C)(C)C(=O)N1CCCc2cccc(N)c21. The van der Waals surface area contributed by atoms with E-state index in [-0.39, 0.29) is 11.3 Å². The van der Waals surface area contributed by atoms with Crippen LogP contribution in [0.25, 0.3) is 0 Å². The molecular weight excluding hydrogens is 212 g/mol. The van der Waals surface area contributed by atoms with Gasteiger partial charge in [-0.25, -0.2) is 0 Å². The first-order valence-corrected chi connectivity index (χ1v) is 6.10.